The van der Waals surface area contributed by atoms with Gasteiger partial charge in [-0.3, -0.25) is 9.69 Å². The number of piperidine rings is 1. The average Bonchev–Trinajstić information content (AvgIpc) is 2.75. The molecule has 1 N–H and O–H groups in total. The Morgan fingerprint density at radius 3 is 2.75 bits per heavy atom. The molecule has 1 aromatic carbocycles. The number of aromatic amines is 1. The normalized spacial score (nSPS) is 22.4. The average molecular weight is 381 g/mol. The minimum absolute atomic E-state index is 0. The van der Waals surface area contributed by atoms with Crippen molar-refractivity contribution in [1.29, 1.82) is 0 Å². The van der Waals surface area contributed by atoms with E-state index >= 15 is 0 Å². The van der Waals surface area contributed by atoms with E-state index in [1.54, 1.807) is 0 Å². The van der Waals surface area contributed by atoms with E-state index in [-0.39, 0.29) is 8.41 Å². The van der Waals surface area contributed by atoms with E-state index in [1.165, 1.54) is 31.2 Å². The highest BCUT2D eigenvalue weighted by molar-refractivity contribution is 5.79. The molecule has 0 spiro atoms. The van der Waals surface area contributed by atoms with Crippen molar-refractivity contribution in [2.45, 2.75) is 51.5 Å². The fraction of sp³-hybridized carbons (Fsp3) is 0.480. The molecule has 2 heterocycles. The van der Waals surface area contributed by atoms with E-state index in [9.17, 15) is 4.79 Å². The Morgan fingerprint density at radius 1 is 1.25 bits per heavy atom. The van der Waals surface area contributed by atoms with Crippen LogP contribution in [0.2, 0.25) is 0 Å². The van der Waals surface area contributed by atoms with E-state index in [0.717, 1.165) is 42.4 Å². The maximum atomic E-state index is 12.2. The van der Waals surface area contributed by atoms with Crippen molar-refractivity contribution < 1.29 is 2.85 Å². The Kier molecular flexibility index (Phi) is 5.82. The van der Waals surface area contributed by atoms with Gasteiger partial charge in [-0.25, -0.2) is 0 Å². The third kappa shape index (κ3) is 3.86. The lowest BCUT2D eigenvalue weighted by molar-refractivity contribution is 0.0984. The van der Waals surface area contributed by atoms with Gasteiger partial charge < -0.3 is 4.98 Å². The van der Waals surface area contributed by atoms with Crippen LogP contribution in [0.4, 0.5) is 0 Å². The van der Waals surface area contributed by atoms with Crippen molar-refractivity contribution in [3.8, 4) is 0 Å². The van der Waals surface area contributed by atoms with Gasteiger partial charge in [-0.2, -0.15) is 0 Å². The minimum Gasteiger partial charge on any atom is -0.322 e. The summed E-state index contributed by atoms with van der Waals surface area (Å²) in [6, 6.07) is 9.21. The molecule has 2 aliphatic rings. The van der Waals surface area contributed by atoms with E-state index in [0.29, 0.717) is 17.9 Å². The summed E-state index contributed by atoms with van der Waals surface area (Å²) in [6.07, 6.45) is 13.6. The smallest absolute Gasteiger partial charge is 0.251 e. The van der Waals surface area contributed by atoms with Gasteiger partial charge in [0, 0.05) is 20.0 Å². The molecule has 1 aliphatic heterocycles. The number of H-pyrrole nitrogens is 1. The number of nitrogens with one attached hydrogen (secondary N) is 1. The van der Waals surface area contributed by atoms with E-state index in [1.807, 2.05) is 6.92 Å². The predicted octanol–water partition coefficient (Wildman–Crippen LogP) is 5.88. The van der Waals surface area contributed by atoms with Gasteiger partial charge in [-0.1, -0.05) is 31.2 Å². The Morgan fingerprint density at radius 2 is 2.07 bits per heavy atom. The van der Waals surface area contributed by atoms with Gasteiger partial charge in [0.25, 0.3) is 5.56 Å². The van der Waals surface area contributed by atoms with E-state index < -0.39 is 0 Å². The lowest BCUT2D eigenvalue weighted by Gasteiger charge is -2.41. The number of aromatic nitrogens is 1. The highest BCUT2D eigenvalue weighted by atomic mass is 16.1. The van der Waals surface area contributed by atoms with Gasteiger partial charge in [0.15, 0.2) is 0 Å². The van der Waals surface area contributed by atoms with E-state index in [4.69, 9.17) is 0 Å². The fourth-order valence-corrected chi connectivity index (χ4v) is 5.04. The molecule has 1 aliphatic carbocycles. The number of rotatable bonds is 5. The molecule has 0 saturated carbocycles. The van der Waals surface area contributed by atoms with Gasteiger partial charge in [0.2, 0.25) is 0 Å². The summed E-state index contributed by atoms with van der Waals surface area (Å²) < 4.78 is 0. The molecule has 4 rings (SSSR count). The molecule has 0 amide bonds. The molecule has 1 fully saturated rings. The minimum atomic E-state index is 0. The van der Waals surface area contributed by atoms with Gasteiger partial charge in [0.1, 0.15) is 0 Å². The number of likely N-dealkylation sites (tertiary alicyclic amines) is 1. The molecule has 1 aromatic heterocycles. The van der Waals surface area contributed by atoms with Crippen LogP contribution in [-0.2, 0) is 6.42 Å². The standard InChI is InChI=1S/C25H32N2O.2H2/c1-3-18-12-14-27(15-13-18)24(20-8-6-5-7-9-20)21-10-11-23-22(17-21)16-19(4-2)25(28)26-23;;/h3,5-6,10-11,16-18,20,24H,1,4,7-9,12-15H2,2H3,(H,26,28);2*1H. The number of fused-ring (bicyclic) bond motifs is 1. The largest absolute Gasteiger partial charge is 0.322 e. The number of nitrogens with zero attached hydrogens (tertiary/aromatic N) is 1. The molecule has 2 unspecified atom stereocenters. The number of aryl methyl sites for hydroxylation is 1. The predicted molar refractivity (Wildman–Crippen MR) is 122 cm³/mol. The first-order valence-corrected chi connectivity index (χ1v) is 10.9. The number of hydrogen-bond acceptors (Lipinski definition) is 2. The van der Waals surface area contributed by atoms with Crippen molar-refractivity contribution in [3.63, 3.8) is 0 Å². The summed E-state index contributed by atoms with van der Waals surface area (Å²) in [4.78, 5) is 17.9. The quantitative estimate of drug-likeness (QED) is 0.658. The molecule has 3 nitrogen and oxygen atoms in total. The first kappa shape index (κ1) is 19.2. The van der Waals surface area contributed by atoms with Crippen molar-refractivity contribution in [3.05, 3.63) is 70.6 Å². The van der Waals surface area contributed by atoms with Gasteiger partial charge in [-0.05, 0) is 92.6 Å². The Labute approximate surface area is 171 Å². The summed E-state index contributed by atoms with van der Waals surface area (Å²) in [5.41, 5.74) is 3.26. The Bertz CT molecular complexity index is 928. The maximum Gasteiger partial charge on any atom is 0.251 e. The first-order chi connectivity index (χ1) is 13.7. The SMILES string of the molecule is C=CC1CCN(C(c2ccc3[nH]c(=O)c(CC)cc3c2)C2CC=CCC2)CC1.[HH].[HH]. The lowest BCUT2D eigenvalue weighted by Crippen LogP contribution is -2.39. The molecular formula is C25H36N2O. The number of hydrogen-bond donors (Lipinski definition) is 1. The van der Waals surface area contributed by atoms with Gasteiger partial charge in [0.05, 0.1) is 0 Å². The molecule has 1 saturated heterocycles. The summed E-state index contributed by atoms with van der Waals surface area (Å²) in [6.45, 7) is 8.33. The van der Waals surface area contributed by atoms with Gasteiger partial charge >= 0.3 is 0 Å². The van der Waals surface area contributed by atoms with Crippen molar-refractivity contribution in [1.82, 2.24) is 9.88 Å². The third-order valence-electron chi connectivity index (χ3n) is 6.72. The molecule has 0 radical (unpaired) electrons. The molecule has 152 valence electrons. The monoisotopic (exact) mass is 380 g/mol. The summed E-state index contributed by atoms with van der Waals surface area (Å²) in [5, 5.41) is 1.16. The van der Waals surface area contributed by atoms with Crippen LogP contribution in [0.25, 0.3) is 10.9 Å². The second-order valence-corrected chi connectivity index (χ2v) is 8.42. The van der Waals surface area contributed by atoms with Crippen LogP contribution in [0, 0.1) is 11.8 Å². The van der Waals surface area contributed by atoms with Crippen molar-refractivity contribution in [2.24, 2.45) is 11.8 Å². The molecule has 0 bridgehead atoms. The van der Waals surface area contributed by atoms with Gasteiger partial charge in [-0.15, -0.1) is 6.58 Å². The van der Waals surface area contributed by atoms with Crippen molar-refractivity contribution >= 4 is 10.9 Å². The second-order valence-electron chi connectivity index (χ2n) is 8.42. The van der Waals surface area contributed by atoms with Crippen LogP contribution in [0.3, 0.4) is 0 Å². The highest BCUT2D eigenvalue weighted by Gasteiger charge is 2.31. The molecule has 2 aromatic rings. The zero-order valence-corrected chi connectivity index (χ0v) is 17.0. The molecular weight excluding hydrogens is 344 g/mol. The van der Waals surface area contributed by atoms with E-state index in [2.05, 4.69) is 59.0 Å². The molecule has 3 heteroatoms. The zero-order valence-electron chi connectivity index (χ0n) is 17.0. The van der Waals surface area contributed by atoms with Crippen LogP contribution in [-0.4, -0.2) is 23.0 Å². The Hall–Kier alpha value is -2.13. The summed E-state index contributed by atoms with van der Waals surface area (Å²) in [5.74, 6) is 1.33. The van der Waals surface area contributed by atoms with Crippen molar-refractivity contribution in [2.75, 3.05) is 13.1 Å². The Balaban J connectivity index is 0.00000160. The highest BCUT2D eigenvalue weighted by Crippen LogP contribution is 2.39. The molecule has 2 atom stereocenters. The van der Waals surface area contributed by atoms with Crippen LogP contribution >= 0.6 is 0 Å². The number of allylic oxidation sites excluding steroid dienone is 3. The lowest BCUT2D eigenvalue weighted by atomic mass is 9.81. The number of pyridine rings is 1. The van der Waals surface area contributed by atoms with Crippen LogP contribution in [0.5, 0.6) is 0 Å². The maximum absolute atomic E-state index is 12.2. The fourth-order valence-electron chi connectivity index (χ4n) is 5.04. The summed E-state index contributed by atoms with van der Waals surface area (Å²) >= 11 is 0. The zero-order chi connectivity index (χ0) is 19.5. The number of benzene rings is 1. The van der Waals surface area contributed by atoms with Crippen LogP contribution in [0.1, 0.15) is 59.0 Å². The topological polar surface area (TPSA) is 36.1 Å². The second kappa shape index (κ2) is 8.48. The first-order valence-electron chi connectivity index (χ1n) is 10.9. The van der Waals surface area contributed by atoms with Crippen LogP contribution in [0.15, 0.2) is 53.9 Å². The molecule has 28 heavy (non-hydrogen) atoms. The summed E-state index contributed by atoms with van der Waals surface area (Å²) in [7, 11) is 0. The third-order valence-corrected chi connectivity index (χ3v) is 6.72. The van der Waals surface area contributed by atoms with Crippen LogP contribution < -0.4 is 5.56 Å².